The Balaban J connectivity index is 2.35. The minimum Gasteiger partial charge on any atom is -0.495 e. The second-order valence-electron chi connectivity index (χ2n) is 4.44. The highest BCUT2D eigenvalue weighted by Gasteiger charge is 2.36. The van der Waals surface area contributed by atoms with Crippen LogP contribution in [0.1, 0.15) is 16.8 Å². The first-order chi connectivity index (χ1) is 9.43. The van der Waals surface area contributed by atoms with Crippen LogP contribution in [0.15, 0.2) is 18.2 Å². The van der Waals surface area contributed by atoms with E-state index in [1.807, 2.05) is 0 Å². The first-order valence-electron chi connectivity index (χ1n) is 5.88. The highest BCUT2D eigenvalue weighted by Crippen LogP contribution is 2.33. The van der Waals surface area contributed by atoms with Gasteiger partial charge in [-0.3, -0.25) is 9.59 Å². The maximum Gasteiger partial charge on any atom is 0.335 e. The van der Waals surface area contributed by atoms with Crippen molar-refractivity contribution in [1.29, 1.82) is 0 Å². The Hall–Kier alpha value is -2.57. The Morgan fingerprint density at radius 3 is 2.55 bits per heavy atom. The summed E-state index contributed by atoms with van der Waals surface area (Å²) in [5.41, 5.74) is 0.415. The summed E-state index contributed by atoms with van der Waals surface area (Å²) < 4.78 is 5.09. The number of rotatable bonds is 4. The number of amides is 1. The van der Waals surface area contributed by atoms with Crippen molar-refractivity contribution >= 4 is 23.5 Å². The van der Waals surface area contributed by atoms with E-state index in [1.54, 1.807) is 0 Å². The van der Waals surface area contributed by atoms with E-state index in [9.17, 15) is 14.4 Å². The highest BCUT2D eigenvalue weighted by atomic mass is 16.5. The summed E-state index contributed by atoms with van der Waals surface area (Å²) in [6, 6.07) is 4.10. The number of carbonyl (C=O) groups excluding carboxylic acids is 1. The van der Waals surface area contributed by atoms with Crippen LogP contribution < -0.4 is 9.64 Å². The number of aliphatic carboxylic acids is 1. The number of carboxylic acid groups (broad SMARTS) is 2. The molecule has 106 valence electrons. The van der Waals surface area contributed by atoms with E-state index in [-0.39, 0.29) is 30.2 Å². The van der Waals surface area contributed by atoms with Crippen molar-refractivity contribution in [3.05, 3.63) is 23.8 Å². The van der Waals surface area contributed by atoms with Gasteiger partial charge in [0.1, 0.15) is 5.75 Å². The standard InChI is InChI=1S/C13H13NO6/c1-20-10-4-7(12(16)17)2-3-9(10)14-6-8(13(18)19)5-11(14)15/h2-4,8H,5-6H2,1H3,(H,16,17)(H,18,19). The molecule has 0 radical (unpaired) electrons. The van der Waals surface area contributed by atoms with E-state index in [0.717, 1.165) is 0 Å². The largest absolute Gasteiger partial charge is 0.495 e. The third-order valence-corrected chi connectivity index (χ3v) is 3.19. The van der Waals surface area contributed by atoms with Crippen molar-refractivity contribution < 1.29 is 29.3 Å². The Morgan fingerprint density at radius 1 is 1.35 bits per heavy atom. The van der Waals surface area contributed by atoms with Crippen LogP contribution in [0.5, 0.6) is 5.75 Å². The summed E-state index contributed by atoms with van der Waals surface area (Å²) in [7, 11) is 1.36. The lowest BCUT2D eigenvalue weighted by atomic mass is 10.1. The van der Waals surface area contributed by atoms with Gasteiger partial charge in [-0.1, -0.05) is 0 Å². The molecule has 0 aromatic heterocycles. The van der Waals surface area contributed by atoms with Gasteiger partial charge in [0, 0.05) is 13.0 Å². The summed E-state index contributed by atoms with van der Waals surface area (Å²) in [4.78, 5) is 35.0. The predicted molar refractivity (Wildman–Crippen MR) is 68.0 cm³/mol. The summed E-state index contributed by atoms with van der Waals surface area (Å²) in [5.74, 6) is -2.98. The topological polar surface area (TPSA) is 104 Å². The second kappa shape index (κ2) is 5.20. The maximum absolute atomic E-state index is 11.9. The van der Waals surface area contributed by atoms with Gasteiger partial charge in [-0.2, -0.15) is 0 Å². The van der Waals surface area contributed by atoms with Crippen LogP contribution >= 0.6 is 0 Å². The zero-order valence-corrected chi connectivity index (χ0v) is 10.7. The van der Waals surface area contributed by atoms with Crippen LogP contribution in [0.25, 0.3) is 0 Å². The molecular formula is C13H13NO6. The fourth-order valence-corrected chi connectivity index (χ4v) is 2.14. The molecule has 1 aliphatic heterocycles. The third kappa shape index (κ3) is 2.42. The van der Waals surface area contributed by atoms with Gasteiger partial charge in [-0.05, 0) is 18.2 Å². The maximum atomic E-state index is 11.9. The molecule has 0 aliphatic carbocycles. The zero-order chi connectivity index (χ0) is 14.9. The minimum absolute atomic E-state index is 0.0343. The quantitative estimate of drug-likeness (QED) is 0.846. The Kier molecular flexibility index (Phi) is 3.60. The van der Waals surface area contributed by atoms with Crippen LogP contribution in [-0.4, -0.2) is 41.7 Å². The molecule has 2 N–H and O–H groups in total. The average Bonchev–Trinajstić information content (AvgIpc) is 2.80. The first kappa shape index (κ1) is 13.9. The number of methoxy groups -OCH3 is 1. The van der Waals surface area contributed by atoms with Crippen molar-refractivity contribution in [1.82, 2.24) is 0 Å². The molecular weight excluding hydrogens is 266 g/mol. The van der Waals surface area contributed by atoms with Gasteiger partial charge in [0.05, 0.1) is 24.3 Å². The van der Waals surface area contributed by atoms with Gasteiger partial charge in [0.15, 0.2) is 0 Å². The van der Waals surface area contributed by atoms with Crippen LogP contribution in [0.3, 0.4) is 0 Å². The number of carbonyl (C=O) groups is 3. The molecule has 7 nitrogen and oxygen atoms in total. The molecule has 1 amide bonds. The molecule has 0 saturated carbocycles. The second-order valence-corrected chi connectivity index (χ2v) is 4.44. The van der Waals surface area contributed by atoms with Crippen molar-refractivity contribution in [2.75, 3.05) is 18.6 Å². The van der Waals surface area contributed by atoms with Crippen molar-refractivity contribution in [3.63, 3.8) is 0 Å². The lowest BCUT2D eigenvalue weighted by molar-refractivity contribution is -0.141. The molecule has 7 heteroatoms. The van der Waals surface area contributed by atoms with Crippen LogP contribution in [0.2, 0.25) is 0 Å². The fourth-order valence-electron chi connectivity index (χ4n) is 2.14. The van der Waals surface area contributed by atoms with Crippen molar-refractivity contribution in [2.24, 2.45) is 5.92 Å². The van der Waals surface area contributed by atoms with Gasteiger partial charge in [0.2, 0.25) is 5.91 Å². The van der Waals surface area contributed by atoms with Crippen LogP contribution in [0.4, 0.5) is 5.69 Å². The van der Waals surface area contributed by atoms with Crippen LogP contribution in [0, 0.1) is 5.92 Å². The molecule has 1 aromatic rings. The van der Waals surface area contributed by atoms with Gasteiger partial charge >= 0.3 is 11.9 Å². The molecule has 1 aromatic carbocycles. The van der Waals surface area contributed by atoms with Crippen LogP contribution in [-0.2, 0) is 9.59 Å². The Morgan fingerprint density at radius 2 is 2.05 bits per heavy atom. The summed E-state index contributed by atoms with van der Waals surface area (Å²) >= 11 is 0. The number of nitrogens with zero attached hydrogens (tertiary/aromatic N) is 1. The van der Waals surface area contributed by atoms with E-state index >= 15 is 0 Å². The number of carboxylic acids is 2. The summed E-state index contributed by atoms with van der Waals surface area (Å²) in [5, 5.41) is 17.9. The molecule has 1 unspecified atom stereocenters. The molecule has 1 heterocycles. The molecule has 0 bridgehead atoms. The molecule has 1 aliphatic rings. The highest BCUT2D eigenvalue weighted by molar-refractivity contribution is 6.01. The lowest BCUT2D eigenvalue weighted by Crippen LogP contribution is -2.26. The monoisotopic (exact) mass is 279 g/mol. The molecule has 0 spiro atoms. The lowest BCUT2D eigenvalue weighted by Gasteiger charge is -2.19. The van der Waals surface area contributed by atoms with Crippen molar-refractivity contribution in [3.8, 4) is 5.75 Å². The number of hydrogen-bond donors (Lipinski definition) is 2. The molecule has 20 heavy (non-hydrogen) atoms. The SMILES string of the molecule is COc1cc(C(=O)O)ccc1N1CC(C(=O)O)CC1=O. The summed E-state index contributed by atoms with van der Waals surface area (Å²) in [6.07, 6.45) is -0.0703. The zero-order valence-electron chi connectivity index (χ0n) is 10.7. The molecule has 1 fully saturated rings. The fraction of sp³-hybridized carbons (Fsp3) is 0.308. The van der Waals surface area contributed by atoms with Crippen molar-refractivity contribution in [2.45, 2.75) is 6.42 Å². The summed E-state index contributed by atoms with van der Waals surface area (Å²) in [6.45, 7) is 0.0525. The molecule has 1 saturated heterocycles. The van der Waals surface area contributed by atoms with E-state index in [1.165, 1.54) is 30.2 Å². The molecule has 2 rings (SSSR count). The Labute approximate surface area is 114 Å². The van der Waals surface area contributed by atoms with E-state index in [4.69, 9.17) is 14.9 Å². The number of ether oxygens (including phenoxy) is 1. The normalized spacial score (nSPS) is 18.1. The first-order valence-corrected chi connectivity index (χ1v) is 5.88. The van der Waals surface area contributed by atoms with E-state index < -0.39 is 17.9 Å². The Bertz CT molecular complexity index is 582. The average molecular weight is 279 g/mol. The van der Waals surface area contributed by atoms with Gasteiger partial charge in [0.25, 0.3) is 0 Å². The number of hydrogen-bond acceptors (Lipinski definition) is 4. The number of aromatic carboxylic acids is 1. The predicted octanol–water partition coefficient (Wildman–Crippen LogP) is 0.831. The smallest absolute Gasteiger partial charge is 0.335 e. The van der Waals surface area contributed by atoms with E-state index in [2.05, 4.69) is 0 Å². The van der Waals surface area contributed by atoms with Gasteiger partial charge < -0.3 is 19.8 Å². The number of benzene rings is 1. The van der Waals surface area contributed by atoms with Gasteiger partial charge in [-0.15, -0.1) is 0 Å². The molecule has 1 atom stereocenters. The number of anilines is 1. The minimum atomic E-state index is -1.11. The van der Waals surface area contributed by atoms with Gasteiger partial charge in [-0.25, -0.2) is 4.79 Å². The third-order valence-electron chi connectivity index (χ3n) is 3.19. The van der Waals surface area contributed by atoms with E-state index in [0.29, 0.717) is 5.69 Å².